The van der Waals surface area contributed by atoms with Gasteiger partial charge in [-0.3, -0.25) is 0 Å². The van der Waals surface area contributed by atoms with Crippen LogP contribution in [0.3, 0.4) is 0 Å². The van der Waals surface area contributed by atoms with Crippen LogP contribution in [-0.4, -0.2) is 0 Å². The predicted molar refractivity (Wildman–Crippen MR) is 212 cm³/mol. The van der Waals surface area contributed by atoms with E-state index in [1.165, 1.54) is 49.2 Å². The number of anilines is 3. The second-order valence-electron chi connectivity index (χ2n) is 12.9. The summed E-state index contributed by atoms with van der Waals surface area (Å²) in [5.41, 5.74) is 9.83. The first-order valence-corrected chi connectivity index (χ1v) is 17.1. The lowest BCUT2D eigenvalue weighted by atomic mass is 9.93. The summed E-state index contributed by atoms with van der Waals surface area (Å²) in [6.07, 6.45) is 0. The summed E-state index contributed by atoms with van der Waals surface area (Å²) in [5.74, 6) is 0. The lowest BCUT2D eigenvalue weighted by Crippen LogP contribution is -2.10. The average molecular weight is 638 g/mol. The van der Waals surface area contributed by atoms with E-state index in [0.29, 0.717) is 0 Å². The lowest BCUT2D eigenvalue weighted by molar-refractivity contribution is 0.672. The Bertz CT molecular complexity index is 2790. The van der Waals surface area contributed by atoms with Gasteiger partial charge in [0.15, 0.2) is 0 Å². The topological polar surface area (TPSA) is 16.4 Å². The van der Waals surface area contributed by atoms with Gasteiger partial charge in [0, 0.05) is 22.1 Å². The third-order valence-corrected chi connectivity index (χ3v) is 10.0. The molecule has 0 radical (unpaired) electrons. The van der Waals surface area contributed by atoms with Crippen molar-refractivity contribution in [2.24, 2.45) is 0 Å². The largest absolute Gasteiger partial charge is 0.455 e. The number of hydrogen-bond acceptors (Lipinski definition) is 2. The van der Waals surface area contributed by atoms with Crippen LogP contribution in [0.15, 0.2) is 192 Å². The molecule has 2 heteroatoms. The zero-order chi connectivity index (χ0) is 33.0. The molecule has 1 aromatic heterocycles. The molecule has 0 atom stereocenters. The van der Waals surface area contributed by atoms with E-state index in [4.69, 9.17) is 4.42 Å². The van der Waals surface area contributed by atoms with Crippen LogP contribution in [0.1, 0.15) is 0 Å². The monoisotopic (exact) mass is 637 g/mol. The molecular formula is C48H31NO. The second-order valence-corrected chi connectivity index (χ2v) is 12.9. The normalized spacial score (nSPS) is 11.6. The fourth-order valence-electron chi connectivity index (χ4n) is 7.59. The van der Waals surface area contributed by atoms with Gasteiger partial charge in [-0.25, -0.2) is 0 Å². The predicted octanol–water partition coefficient (Wildman–Crippen LogP) is 13.8. The molecule has 0 fully saturated rings. The second kappa shape index (κ2) is 11.5. The molecule has 234 valence electrons. The van der Waals surface area contributed by atoms with Gasteiger partial charge in [0.25, 0.3) is 0 Å². The van der Waals surface area contributed by atoms with E-state index in [0.717, 1.165) is 44.4 Å². The Morgan fingerprint density at radius 3 is 1.60 bits per heavy atom. The summed E-state index contributed by atoms with van der Waals surface area (Å²) >= 11 is 0. The van der Waals surface area contributed by atoms with E-state index in [-0.39, 0.29) is 0 Å². The molecule has 0 amide bonds. The number of benzene rings is 9. The Hall–Kier alpha value is -6.64. The Morgan fingerprint density at radius 1 is 0.360 bits per heavy atom. The van der Waals surface area contributed by atoms with Crippen molar-refractivity contribution in [1.82, 2.24) is 0 Å². The van der Waals surface area contributed by atoms with Crippen LogP contribution in [-0.2, 0) is 0 Å². The van der Waals surface area contributed by atoms with Crippen LogP contribution in [0.25, 0.3) is 76.5 Å². The standard InChI is InChI=1S/C48H31NO/c1-2-11-32(12-3-1)35-21-23-36(24-22-35)43-31-44-47-45(19-10-20-46(47)50-48(44)42-18-9-8-17-41(42)43)49(39-27-25-33-13-4-6-15-37(33)29-39)40-28-26-34-14-5-7-16-38(34)30-40/h1-31H. The van der Waals surface area contributed by atoms with Crippen LogP contribution in [0.4, 0.5) is 17.1 Å². The molecular weight excluding hydrogens is 607 g/mol. The molecule has 0 saturated heterocycles. The minimum absolute atomic E-state index is 0.866. The fourth-order valence-corrected chi connectivity index (χ4v) is 7.59. The van der Waals surface area contributed by atoms with Crippen molar-refractivity contribution in [3.05, 3.63) is 188 Å². The minimum atomic E-state index is 0.866. The van der Waals surface area contributed by atoms with Gasteiger partial charge in [-0.05, 0) is 91.6 Å². The van der Waals surface area contributed by atoms with Crippen molar-refractivity contribution < 1.29 is 4.42 Å². The molecule has 0 bridgehead atoms. The smallest absolute Gasteiger partial charge is 0.143 e. The van der Waals surface area contributed by atoms with Crippen LogP contribution in [0.5, 0.6) is 0 Å². The summed E-state index contributed by atoms with van der Waals surface area (Å²) in [5, 5.41) is 9.32. The SMILES string of the molecule is c1ccc(-c2ccc(-c3cc4c(oc5cccc(N(c6ccc7ccccc7c6)c6ccc7ccccc7c6)c54)c4ccccc34)cc2)cc1. The summed E-state index contributed by atoms with van der Waals surface area (Å²) in [4.78, 5) is 2.39. The van der Waals surface area contributed by atoms with Crippen molar-refractivity contribution in [3.63, 3.8) is 0 Å². The molecule has 0 aliphatic carbocycles. The first-order chi connectivity index (χ1) is 24.8. The number of rotatable bonds is 5. The van der Waals surface area contributed by atoms with Crippen molar-refractivity contribution in [1.29, 1.82) is 0 Å². The van der Waals surface area contributed by atoms with Crippen molar-refractivity contribution in [2.45, 2.75) is 0 Å². The van der Waals surface area contributed by atoms with Gasteiger partial charge in [-0.1, -0.05) is 146 Å². The zero-order valence-corrected chi connectivity index (χ0v) is 27.3. The Kier molecular flexibility index (Phi) is 6.53. The number of fused-ring (bicyclic) bond motifs is 7. The Labute approximate surface area is 290 Å². The Morgan fingerprint density at radius 2 is 0.920 bits per heavy atom. The zero-order valence-electron chi connectivity index (χ0n) is 27.3. The van der Waals surface area contributed by atoms with Crippen molar-refractivity contribution in [3.8, 4) is 22.3 Å². The third-order valence-electron chi connectivity index (χ3n) is 10.0. The number of hydrogen-bond donors (Lipinski definition) is 0. The molecule has 10 rings (SSSR count). The van der Waals surface area contributed by atoms with Gasteiger partial charge in [0.05, 0.1) is 11.1 Å². The quantitative estimate of drug-likeness (QED) is 0.187. The van der Waals surface area contributed by atoms with Gasteiger partial charge in [0.2, 0.25) is 0 Å². The van der Waals surface area contributed by atoms with Crippen molar-refractivity contribution in [2.75, 3.05) is 4.90 Å². The molecule has 0 aliphatic heterocycles. The summed E-state index contributed by atoms with van der Waals surface area (Å²) < 4.78 is 6.81. The maximum atomic E-state index is 6.81. The summed E-state index contributed by atoms with van der Waals surface area (Å²) in [6, 6.07) is 67.5. The van der Waals surface area contributed by atoms with Gasteiger partial charge in [-0.15, -0.1) is 0 Å². The highest BCUT2D eigenvalue weighted by molar-refractivity contribution is 6.22. The maximum absolute atomic E-state index is 6.81. The minimum Gasteiger partial charge on any atom is -0.455 e. The lowest BCUT2D eigenvalue weighted by Gasteiger charge is -2.27. The fraction of sp³-hybridized carbons (Fsp3) is 0. The van der Waals surface area contributed by atoms with E-state index >= 15 is 0 Å². The Balaban J connectivity index is 1.24. The van der Waals surface area contributed by atoms with Crippen LogP contribution in [0, 0.1) is 0 Å². The maximum Gasteiger partial charge on any atom is 0.143 e. The first-order valence-electron chi connectivity index (χ1n) is 17.1. The molecule has 0 saturated carbocycles. The highest BCUT2D eigenvalue weighted by Gasteiger charge is 2.22. The van der Waals surface area contributed by atoms with Crippen LogP contribution < -0.4 is 4.90 Å². The van der Waals surface area contributed by atoms with Gasteiger partial charge >= 0.3 is 0 Å². The highest BCUT2D eigenvalue weighted by Crippen LogP contribution is 2.47. The molecule has 0 aliphatic rings. The van der Waals surface area contributed by atoms with E-state index in [1.807, 2.05) is 0 Å². The van der Waals surface area contributed by atoms with Gasteiger partial charge in [0.1, 0.15) is 11.2 Å². The summed E-state index contributed by atoms with van der Waals surface area (Å²) in [6.45, 7) is 0. The number of nitrogens with zero attached hydrogens (tertiary/aromatic N) is 1. The van der Waals surface area contributed by atoms with E-state index in [1.54, 1.807) is 0 Å². The van der Waals surface area contributed by atoms with Gasteiger partial charge in [-0.2, -0.15) is 0 Å². The molecule has 0 spiro atoms. The summed E-state index contributed by atoms with van der Waals surface area (Å²) in [7, 11) is 0. The van der Waals surface area contributed by atoms with Crippen molar-refractivity contribution >= 4 is 71.3 Å². The van der Waals surface area contributed by atoms with Gasteiger partial charge < -0.3 is 9.32 Å². The molecule has 9 aromatic carbocycles. The van der Waals surface area contributed by atoms with E-state index in [2.05, 4.69) is 193 Å². The van der Waals surface area contributed by atoms with E-state index < -0.39 is 0 Å². The molecule has 2 nitrogen and oxygen atoms in total. The van der Waals surface area contributed by atoms with E-state index in [9.17, 15) is 0 Å². The number of furan rings is 1. The molecule has 1 heterocycles. The average Bonchev–Trinajstić information content (AvgIpc) is 3.58. The third kappa shape index (κ3) is 4.65. The molecule has 10 aromatic rings. The first kappa shape index (κ1) is 28.4. The highest BCUT2D eigenvalue weighted by atomic mass is 16.3. The molecule has 0 unspecified atom stereocenters. The molecule has 50 heavy (non-hydrogen) atoms. The molecule has 0 N–H and O–H groups in total. The van der Waals surface area contributed by atoms with Crippen LogP contribution in [0.2, 0.25) is 0 Å². The van der Waals surface area contributed by atoms with Crippen LogP contribution >= 0.6 is 0 Å².